The molecule has 0 unspecified atom stereocenters. The molecule has 0 bridgehead atoms. The van der Waals surface area contributed by atoms with Crippen molar-refractivity contribution in [2.45, 2.75) is 39.2 Å². The highest BCUT2D eigenvalue weighted by molar-refractivity contribution is 6.30. The molecule has 2 aromatic rings. The molecule has 0 spiro atoms. The third-order valence-corrected chi connectivity index (χ3v) is 4.35. The molecule has 0 amide bonds. The quantitative estimate of drug-likeness (QED) is 0.778. The topological polar surface area (TPSA) is 29.0 Å². The van der Waals surface area contributed by atoms with E-state index in [1.807, 2.05) is 0 Å². The Morgan fingerprint density at radius 3 is 2.67 bits per heavy atom. The first kappa shape index (κ1) is 14.3. The highest BCUT2D eigenvalue weighted by Gasteiger charge is 2.21. The largest absolute Gasteiger partial charge is 0.352 e. The molecule has 21 heavy (non-hydrogen) atoms. The summed E-state index contributed by atoms with van der Waals surface area (Å²) >= 11 is 6.31. The number of hydrogen-bond donors (Lipinski definition) is 0. The maximum Gasteiger partial charge on any atom is 0.138 e. The van der Waals surface area contributed by atoms with Gasteiger partial charge in [-0.3, -0.25) is 0 Å². The second-order valence-corrected chi connectivity index (χ2v) is 6.21. The van der Waals surface area contributed by atoms with Crippen LogP contribution in [-0.4, -0.2) is 16.5 Å². The van der Waals surface area contributed by atoms with Crippen LogP contribution in [0.4, 0.5) is 5.82 Å². The Kier molecular flexibility index (Phi) is 4.11. The molecule has 1 aliphatic heterocycles. The average molecular weight is 302 g/mol. The average Bonchev–Trinajstić information content (AvgIpc) is 2.68. The normalized spacial score (nSPS) is 15.0. The van der Waals surface area contributed by atoms with Gasteiger partial charge in [0.05, 0.1) is 0 Å². The first-order valence-corrected chi connectivity index (χ1v) is 7.86. The van der Waals surface area contributed by atoms with Crippen molar-refractivity contribution in [1.82, 2.24) is 9.97 Å². The maximum atomic E-state index is 6.31. The molecule has 1 aromatic carbocycles. The van der Waals surface area contributed by atoms with E-state index in [1.165, 1.54) is 11.1 Å². The van der Waals surface area contributed by atoms with Gasteiger partial charge in [0.25, 0.3) is 0 Å². The second-order valence-electron chi connectivity index (χ2n) is 5.85. The molecule has 0 saturated carbocycles. The number of anilines is 1. The van der Waals surface area contributed by atoms with Crippen molar-refractivity contribution in [2.75, 3.05) is 11.4 Å². The van der Waals surface area contributed by atoms with Gasteiger partial charge < -0.3 is 4.90 Å². The van der Waals surface area contributed by atoms with Crippen LogP contribution in [0.25, 0.3) is 0 Å². The van der Waals surface area contributed by atoms with Crippen LogP contribution in [0, 0.1) is 0 Å². The molecule has 0 radical (unpaired) electrons. The van der Waals surface area contributed by atoms with Crippen molar-refractivity contribution in [3.05, 3.63) is 52.4 Å². The molecule has 0 atom stereocenters. The molecule has 3 rings (SSSR count). The third kappa shape index (κ3) is 2.88. The highest BCUT2D eigenvalue weighted by Crippen LogP contribution is 2.32. The summed E-state index contributed by atoms with van der Waals surface area (Å²) < 4.78 is 0. The smallest absolute Gasteiger partial charge is 0.138 e. The SMILES string of the molecule is CC(C)c1c(Cl)ncnc1N1CCCc2ccccc2C1. The van der Waals surface area contributed by atoms with E-state index in [0.717, 1.165) is 37.3 Å². The van der Waals surface area contributed by atoms with Gasteiger partial charge in [0.2, 0.25) is 0 Å². The number of hydrogen-bond acceptors (Lipinski definition) is 3. The summed E-state index contributed by atoms with van der Waals surface area (Å²) in [7, 11) is 0. The fourth-order valence-electron chi connectivity index (χ4n) is 3.00. The summed E-state index contributed by atoms with van der Waals surface area (Å²) in [5.41, 5.74) is 3.89. The summed E-state index contributed by atoms with van der Waals surface area (Å²) in [6.07, 6.45) is 3.83. The Bertz CT molecular complexity index is 640. The first-order chi connectivity index (χ1) is 10.2. The Hall–Kier alpha value is -1.61. The number of aryl methyl sites for hydroxylation is 1. The maximum absolute atomic E-state index is 6.31. The Morgan fingerprint density at radius 2 is 1.90 bits per heavy atom. The molecule has 0 fully saturated rings. The zero-order chi connectivity index (χ0) is 14.8. The summed E-state index contributed by atoms with van der Waals surface area (Å²) in [6, 6.07) is 8.68. The van der Waals surface area contributed by atoms with Crippen molar-refractivity contribution >= 4 is 17.4 Å². The van der Waals surface area contributed by atoms with Crippen LogP contribution in [0.3, 0.4) is 0 Å². The van der Waals surface area contributed by atoms with E-state index in [2.05, 4.69) is 53.0 Å². The van der Waals surface area contributed by atoms with Crippen molar-refractivity contribution in [1.29, 1.82) is 0 Å². The zero-order valence-electron chi connectivity index (χ0n) is 12.5. The third-order valence-electron chi connectivity index (χ3n) is 4.04. The Morgan fingerprint density at radius 1 is 1.14 bits per heavy atom. The number of fused-ring (bicyclic) bond motifs is 1. The van der Waals surface area contributed by atoms with E-state index in [9.17, 15) is 0 Å². The van der Waals surface area contributed by atoms with Crippen LogP contribution >= 0.6 is 11.6 Å². The minimum atomic E-state index is 0.312. The molecule has 2 heterocycles. The van der Waals surface area contributed by atoms with E-state index in [4.69, 9.17) is 11.6 Å². The van der Waals surface area contributed by atoms with Crippen LogP contribution in [0.2, 0.25) is 5.15 Å². The van der Waals surface area contributed by atoms with Gasteiger partial charge in [-0.1, -0.05) is 49.7 Å². The monoisotopic (exact) mass is 301 g/mol. The molecule has 3 nitrogen and oxygen atoms in total. The van der Waals surface area contributed by atoms with Crippen molar-refractivity contribution < 1.29 is 0 Å². The van der Waals surface area contributed by atoms with Gasteiger partial charge in [-0.2, -0.15) is 0 Å². The summed E-state index contributed by atoms with van der Waals surface area (Å²) in [6.45, 7) is 6.17. The second kappa shape index (κ2) is 6.02. The zero-order valence-corrected chi connectivity index (χ0v) is 13.3. The first-order valence-electron chi connectivity index (χ1n) is 7.49. The number of aromatic nitrogens is 2. The van der Waals surface area contributed by atoms with Crippen LogP contribution in [0.15, 0.2) is 30.6 Å². The van der Waals surface area contributed by atoms with Crippen molar-refractivity contribution in [3.63, 3.8) is 0 Å². The predicted octanol–water partition coefficient (Wildman–Crippen LogP) is 4.21. The van der Waals surface area contributed by atoms with Crippen LogP contribution in [-0.2, 0) is 13.0 Å². The molecular weight excluding hydrogens is 282 g/mol. The van der Waals surface area contributed by atoms with Gasteiger partial charge in [0.15, 0.2) is 0 Å². The van der Waals surface area contributed by atoms with E-state index in [0.29, 0.717) is 11.1 Å². The minimum absolute atomic E-state index is 0.312. The molecule has 0 aliphatic carbocycles. The lowest BCUT2D eigenvalue weighted by molar-refractivity contribution is 0.733. The van der Waals surface area contributed by atoms with Crippen LogP contribution in [0.5, 0.6) is 0 Å². The molecule has 4 heteroatoms. The minimum Gasteiger partial charge on any atom is -0.352 e. The van der Waals surface area contributed by atoms with Crippen molar-refractivity contribution in [2.24, 2.45) is 0 Å². The lowest BCUT2D eigenvalue weighted by atomic mass is 10.0. The van der Waals surface area contributed by atoms with Gasteiger partial charge >= 0.3 is 0 Å². The standard InChI is InChI=1S/C17H20ClN3/c1-12(2)15-16(18)19-11-20-17(15)21-9-5-8-13-6-3-4-7-14(13)10-21/h3-4,6-7,11-12H,5,8-10H2,1-2H3. The van der Waals surface area contributed by atoms with Gasteiger partial charge in [-0.15, -0.1) is 0 Å². The van der Waals surface area contributed by atoms with Gasteiger partial charge in [0.1, 0.15) is 17.3 Å². The van der Waals surface area contributed by atoms with E-state index >= 15 is 0 Å². The molecule has 1 aliphatic rings. The van der Waals surface area contributed by atoms with E-state index < -0.39 is 0 Å². The number of rotatable bonds is 2. The molecule has 0 saturated heterocycles. The summed E-state index contributed by atoms with van der Waals surface area (Å²) in [5.74, 6) is 1.30. The summed E-state index contributed by atoms with van der Waals surface area (Å²) in [4.78, 5) is 11.0. The molecule has 1 aromatic heterocycles. The lowest BCUT2D eigenvalue weighted by Crippen LogP contribution is -2.25. The van der Waals surface area contributed by atoms with Gasteiger partial charge in [-0.05, 0) is 29.9 Å². The highest BCUT2D eigenvalue weighted by atomic mass is 35.5. The van der Waals surface area contributed by atoms with Crippen LogP contribution < -0.4 is 4.90 Å². The van der Waals surface area contributed by atoms with Crippen molar-refractivity contribution in [3.8, 4) is 0 Å². The Labute approximate surface area is 131 Å². The fraction of sp³-hybridized carbons (Fsp3) is 0.412. The Balaban J connectivity index is 2.00. The van der Waals surface area contributed by atoms with Gasteiger partial charge in [-0.25, -0.2) is 9.97 Å². The number of benzene rings is 1. The lowest BCUT2D eigenvalue weighted by Gasteiger charge is -2.26. The number of halogens is 1. The predicted molar refractivity (Wildman–Crippen MR) is 86.9 cm³/mol. The van der Waals surface area contributed by atoms with Gasteiger partial charge in [0, 0.05) is 18.7 Å². The van der Waals surface area contributed by atoms with Crippen LogP contribution in [0.1, 0.15) is 42.9 Å². The fourth-order valence-corrected chi connectivity index (χ4v) is 3.34. The van der Waals surface area contributed by atoms with E-state index in [-0.39, 0.29) is 0 Å². The molecule has 0 N–H and O–H groups in total. The summed E-state index contributed by atoms with van der Waals surface area (Å²) in [5, 5.41) is 0.576. The number of nitrogens with zero attached hydrogens (tertiary/aromatic N) is 3. The molecular formula is C17H20ClN3. The van der Waals surface area contributed by atoms with E-state index in [1.54, 1.807) is 6.33 Å². The molecule has 110 valence electrons.